The highest BCUT2D eigenvalue weighted by Gasteiger charge is 2.24. The third kappa shape index (κ3) is 3.58. The average molecular weight is 276 g/mol. The third-order valence-electron chi connectivity index (χ3n) is 3.79. The lowest BCUT2D eigenvalue weighted by Gasteiger charge is -2.32. The molecule has 0 radical (unpaired) electrons. The summed E-state index contributed by atoms with van der Waals surface area (Å²) < 4.78 is 5.62. The maximum Gasteiger partial charge on any atom is 0.254 e. The van der Waals surface area contributed by atoms with Gasteiger partial charge in [-0.05, 0) is 44.4 Å². The van der Waals surface area contributed by atoms with Crippen molar-refractivity contribution in [3.63, 3.8) is 0 Å². The molecule has 4 heteroatoms. The van der Waals surface area contributed by atoms with Crippen molar-refractivity contribution in [2.45, 2.75) is 32.3 Å². The first-order valence-electron chi connectivity index (χ1n) is 7.45. The number of nitrogens with zero attached hydrogens (tertiary/aromatic N) is 1. The van der Waals surface area contributed by atoms with Crippen LogP contribution in [0.4, 0.5) is 0 Å². The number of hydrogen-bond acceptors (Lipinski definition) is 3. The second-order valence-corrected chi connectivity index (χ2v) is 5.14. The Morgan fingerprint density at radius 2 is 2.05 bits per heavy atom. The van der Waals surface area contributed by atoms with E-state index in [0.717, 1.165) is 50.1 Å². The Balaban J connectivity index is 2.02. The van der Waals surface area contributed by atoms with Crippen molar-refractivity contribution in [2.75, 3.05) is 26.2 Å². The Morgan fingerprint density at radius 1 is 1.35 bits per heavy atom. The zero-order valence-corrected chi connectivity index (χ0v) is 12.2. The zero-order chi connectivity index (χ0) is 14.4. The van der Waals surface area contributed by atoms with Gasteiger partial charge in [0.05, 0.1) is 6.10 Å². The van der Waals surface area contributed by atoms with Gasteiger partial charge in [-0.2, -0.15) is 0 Å². The molecule has 0 unspecified atom stereocenters. The van der Waals surface area contributed by atoms with Gasteiger partial charge in [0.25, 0.3) is 5.91 Å². The number of piperidine rings is 1. The molecule has 1 fully saturated rings. The molecule has 2 rings (SSSR count). The van der Waals surface area contributed by atoms with Crippen molar-refractivity contribution in [3.05, 3.63) is 35.4 Å². The molecule has 1 amide bonds. The summed E-state index contributed by atoms with van der Waals surface area (Å²) in [5.74, 6) is 0.129. The number of benzene rings is 1. The maximum atomic E-state index is 12.6. The highest BCUT2D eigenvalue weighted by atomic mass is 16.5. The van der Waals surface area contributed by atoms with Gasteiger partial charge in [-0.1, -0.05) is 18.2 Å². The van der Waals surface area contributed by atoms with Crippen molar-refractivity contribution in [2.24, 2.45) is 5.73 Å². The van der Waals surface area contributed by atoms with Crippen LogP contribution in [0.5, 0.6) is 0 Å². The van der Waals surface area contributed by atoms with Crippen molar-refractivity contribution < 1.29 is 9.53 Å². The minimum atomic E-state index is 0.129. The van der Waals surface area contributed by atoms with Crippen molar-refractivity contribution >= 4 is 5.91 Å². The van der Waals surface area contributed by atoms with Crippen LogP contribution in [-0.2, 0) is 11.2 Å². The van der Waals surface area contributed by atoms with Crippen LogP contribution in [0.2, 0.25) is 0 Å². The molecule has 1 aromatic carbocycles. The Labute approximate surface area is 120 Å². The summed E-state index contributed by atoms with van der Waals surface area (Å²) in [4.78, 5) is 14.5. The highest BCUT2D eigenvalue weighted by molar-refractivity contribution is 5.95. The lowest BCUT2D eigenvalue weighted by Crippen LogP contribution is -2.41. The molecule has 0 aromatic heterocycles. The van der Waals surface area contributed by atoms with E-state index in [-0.39, 0.29) is 5.91 Å². The summed E-state index contributed by atoms with van der Waals surface area (Å²) in [5.41, 5.74) is 7.47. The van der Waals surface area contributed by atoms with Crippen molar-refractivity contribution in [1.82, 2.24) is 4.90 Å². The Hall–Kier alpha value is -1.39. The number of carbonyl (C=O) groups is 1. The highest BCUT2D eigenvalue weighted by Crippen LogP contribution is 2.18. The van der Waals surface area contributed by atoms with Gasteiger partial charge >= 0.3 is 0 Å². The van der Waals surface area contributed by atoms with Crippen LogP contribution in [0, 0.1) is 0 Å². The largest absolute Gasteiger partial charge is 0.378 e. The number of carbonyl (C=O) groups excluding carboxylic acids is 1. The summed E-state index contributed by atoms with van der Waals surface area (Å²) in [6, 6.07) is 7.78. The number of likely N-dealkylation sites (tertiary alicyclic amines) is 1. The molecule has 0 atom stereocenters. The van der Waals surface area contributed by atoms with E-state index in [1.807, 2.05) is 36.1 Å². The first-order valence-corrected chi connectivity index (χ1v) is 7.45. The van der Waals surface area contributed by atoms with Gasteiger partial charge in [0.15, 0.2) is 0 Å². The Kier molecular flexibility index (Phi) is 5.56. The molecule has 110 valence electrons. The topological polar surface area (TPSA) is 55.6 Å². The van der Waals surface area contributed by atoms with Crippen LogP contribution in [0.3, 0.4) is 0 Å². The Morgan fingerprint density at radius 3 is 2.70 bits per heavy atom. The fourth-order valence-corrected chi connectivity index (χ4v) is 2.73. The molecule has 0 spiro atoms. The van der Waals surface area contributed by atoms with E-state index < -0.39 is 0 Å². The SMILES string of the molecule is CCOC1CCN(C(=O)c2ccccc2CCN)CC1. The maximum absolute atomic E-state index is 12.6. The molecule has 0 bridgehead atoms. The minimum absolute atomic E-state index is 0.129. The number of rotatable bonds is 5. The normalized spacial score (nSPS) is 16.4. The first-order chi connectivity index (χ1) is 9.76. The van der Waals surface area contributed by atoms with Gasteiger partial charge in [-0.15, -0.1) is 0 Å². The van der Waals surface area contributed by atoms with E-state index in [1.54, 1.807) is 0 Å². The smallest absolute Gasteiger partial charge is 0.254 e. The molecule has 4 nitrogen and oxygen atoms in total. The fraction of sp³-hybridized carbons (Fsp3) is 0.562. The van der Waals surface area contributed by atoms with E-state index in [2.05, 4.69) is 0 Å². The molecule has 0 saturated carbocycles. The predicted molar refractivity (Wildman–Crippen MR) is 79.8 cm³/mol. The van der Waals surface area contributed by atoms with Crippen LogP contribution in [0.25, 0.3) is 0 Å². The van der Waals surface area contributed by atoms with Gasteiger partial charge in [-0.3, -0.25) is 4.79 Å². The number of hydrogen-bond donors (Lipinski definition) is 1. The molecule has 1 aromatic rings. The van der Waals surface area contributed by atoms with E-state index >= 15 is 0 Å². The van der Waals surface area contributed by atoms with Crippen LogP contribution in [0.15, 0.2) is 24.3 Å². The summed E-state index contributed by atoms with van der Waals surface area (Å²) in [6.45, 7) is 4.89. The number of nitrogens with two attached hydrogens (primary N) is 1. The van der Waals surface area contributed by atoms with Crippen LogP contribution in [0.1, 0.15) is 35.7 Å². The monoisotopic (exact) mass is 276 g/mol. The van der Waals surface area contributed by atoms with Crippen molar-refractivity contribution in [3.8, 4) is 0 Å². The van der Waals surface area contributed by atoms with Gasteiger partial charge in [0.2, 0.25) is 0 Å². The molecule has 0 aliphatic carbocycles. The zero-order valence-electron chi connectivity index (χ0n) is 12.2. The van der Waals surface area contributed by atoms with E-state index in [9.17, 15) is 4.79 Å². The Bertz CT molecular complexity index is 440. The number of ether oxygens (including phenoxy) is 1. The molecular weight excluding hydrogens is 252 g/mol. The second-order valence-electron chi connectivity index (χ2n) is 5.14. The quantitative estimate of drug-likeness (QED) is 0.892. The van der Waals surface area contributed by atoms with Gasteiger partial charge in [0.1, 0.15) is 0 Å². The predicted octanol–water partition coefficient (Wildman–Crippen LogP) is 1.83. The summed E-state index contributed by atoms with van der Waals surface area (Å²) in [7, 11) is 0. The lowest BCUT2D eigenvalue weighted by atomic mass is 10.0. The molecular formula is C16H24N2O2. The molecule has 1 heterocycles. The van der Waals surface area contributed by atoms with E-state index in [0.29, 0.717) is 12.6 Å². The molecule has 1 saturated heterocycles. The van der Waals surface area contributed by atoms with E-state index in [4.69, 9.17) is 10.5 Å². The molecule has 2 N–H and O–H groups in total. The fourth-order valence-electron chi connectivity index (χ4n) is 2.73. The first kappa shape index (κ1) is 15.0. The van der Waals surface area contributed by atoms with Crippen LogP contribution in [-0.4, -0.2) is 43.2 Å². The second kappa shape index (κ2) is 7.41. The summed E-state index contributed by atoms with van der Waals surface area (Å²) in [5, 5.41) is 0. The lowest BCUT2D eigenvalue weighted by molar-refractivity contribution is 0.0146. The summed E-state index contributed by atoms with van der Waals surface area (Å²) in [6.07, 6.45) is 2.91. The van der Waals surface area contributed by atoms with Crippen LogP contribution >= 0.6 is 0 Å². The van der Waals surface area contributed by atoms with Crippen molar-refractivity contribution in [1.29, 1.82) is 0 Å². The molecule has 1 aliphatic heterocycles. The number of amides is 1. The van der Waals surface area contributed by atoms with E-state index in [1.165, 1.54) is 0 Å². The third-order valence-corrected chi connectivity index (χ3v) is 3.79. The average Bonchev–Trinajstić information content (AvgIpc) is 2.49. The van der Waals surface area contributed by atoms with Crippen LogP contribution < -0.4 is 5.73 Å². The molecule has 1 aliphatic rings. The van der Waals surface area contributed by atoms with Gasteiger partial charge in [-0.25, -0.2) is 0 Å². The minimum Gasteiger partial charge on any atom is -0.378 e. The van der Waals surface area contributed by atoms with Gasteiger partial charge < -0.3 is 15.4 Å². The molecule has 20 heavy (non-hydrogen) atoms. The summed E-state index contributed by atoms with van der Waals surface area (Å²) >= 11 is 0. The standard InChI is InChI=1S/C16H24N2O2/c1-2-20-14-8-11-18(12-9-14)16(19)15-6-4-3-5-13(15)7-10-17/h3-6,14H,2,7-12,17H2,1H3. The van der Waals surface area contributed by atoms with Gasteiger partial charge in [0, 0.05) is 25.3 Å².